The minimum Gasteiger partial charge on any atom is -0.459 e. The number of rotatable bonds is 2. The molecule has 0 amide bonds. The Labute approximate surface area is 181 Å². The molecule has 3 heterocycles. The topological polar surface area (TPSA) is 97.9 Å². The summed E-state index contributed by atoms with van der Waals surface area (Å²) < 4.78 is 24.7. The fourth-order valence-electron chi connectivity index (χ4n) is 7.50. The van der Waals surface area contributed by atoms with Gasteiger partial charge in [-0.1, -0.05) is 27.4 Å². The molecule has 168 valence electrons. The fourth-order valence-corrected chi connectivity index (χ4v) is 7.50. The maximum atomic E-state index is 12.6. The van der Waals surface area contributed by atoms with Crippen molar-refractivity contribution in [3.63, 3.8) is 0 Å². The summed E-state index contributed by atoms with van der Waals surface area (Å²) in [5, 5.41) is 11.1. The minimum absolute atomic E-state index is 0.0872. The number of fused-ring (bicyclic) bond motifs is 5. The van der Waals surface area contributed by atoms with E-state index in [-0.39, 0.29) is 48.1 Å². The molecule has 3 saturated carbocycles. The van der Waals surface area contributed by atoms with Crippen LogP contribution in [0.3, 0.4) is 0 Å². The van der Waals surface area contributed by atoms with Crippen LogP contribution in [0.25, 0.3) is 0 Å². The number of ether oxygens (including phenoxy) is 4. The summed E-state index contributed by atoms with van der Waals surface area (Å²) in [5.41, 5.74) is 0.261. The minimum atomic E-state index is -0.846. The van der Waals surface area contributed by atoms with E-state index in [4.69, 9.17) is 18.9 Å². The average molecular weight is 430 g/mol. The first kappa shape index (κ1) is 19.9. The Morgan fingerprint density at radius 3 is 2.71 bits per heavy atom. The summed E-state index contributed by atoms with van der Waals surface area (Å²) in [6.45, 7) is 13.9. The molecule has 3 aliphatic heterocycles. The summed E-state index contributed by atoms with van der Waals surface area (Å²) in [7, 11) is 0. The summed E-state index contributed by atoms with van der Waals surface area (Å²) in [4.78, 5) is 25.1. The molecule has 6 rings (SSSR count). The molecule has 0 spiro atoms. The first-order chi connectivity index (χ1) is 14.5. The van der Waals surface area contributed by atoms with Crippen LogP contribution in [0.4, 0.5) is 0 Å². The molecule has 31 heavy (non-hydrogen) atoms. The lowest BCUT2D eigenvalue weighted by atomic mass is 9.58. The molecule has 0 aromatic heterocycles. The highest BCUT2D eigenvalue weighted by molar-refractivity contribution is 5.92. The third-order valence-corrected chi connectivity index (χ3v) is 8.86. The maximum Gasteiger partial charge on any atom is 0.334 e. The van der Waals surface area contributed by atoms with Crippen molar-refractivity contribution in [2.75, 3.05) is 0 Å². The quantitative estimate of drug-likeness (QED) is 0.407. The number of carbonyl (C=O) groups is 2. The van der Waals surface area contributed by atoms with E-state index < -0.39 is 35.1 Å². The highest BCUT2D eigenvalue weighted by atomic mass is 16.7. The van der Waals surface area contributed by atoms with Crippen LogP contribution in [-0.2, 0) is 28.5 Å². The molecule has 0 aromatic carbocycles. The zero-order valence-corrected chi connectivity index (χ0v) is 18.6. The number of esters is 2. The second-order valence-electron chi connectivity index (χ2n) is 10.9. The van der Waals surface area contributed by atoms with Crippen LogP contribution in [0.5, 0.6) is 0 Å². The normalized spacial score (nSPS) is 53.7. The van der Waals surface area contributed by atoms with Crippen LogP contribution in [0.1, 0.15) is 47.5 Å². The third-order valence-electron chi connectivity index (χ3n) is 8.86. The molecule has 5 fully saturated rings. The van der Waals surface area contributed by atoms with Crippen LogP contribution in [-0.4, -0.2) is 58.3 Å². The Morgan fingerprint density at radius 2 is 2.03 bits per heavy atom. The van der Waals surface area contributed by atoms with E-state index >= 15 is 0 Å². The van der Waals surface area contributed by atoms with Gasteiger partial charge >= 0.3 is 11.9 Å². The Bertz CT molecular complexity index is 967. The molecule has 3 aliphatic carbocycles. The van der Waals surface area contributed by atoms with Gasteiger partial charge in [0.25, 0.3) is 0 Å². The van der Waals surface area contributed by atoms with Crippen LogP contribution in [0.15, 0.2) is 23.3 Å². The number of aliphatic hydroxyl groups excluding tert-OH is 1. The van der Waals surface area contributed by atoms with Gasteiger partial charge in [-0.05, 0) is 37.3 Å². The SMILES string of the molecule is C=C1[C@@H]2[C@@H](C3=C(C)C(=O)OC3C[C@@H]1O)[C@]1(C)O[C@@H]1[C@@]13C[C@@H](C)[C@@H](OC(=O)C(C)C)[C@@]21O3. The van der Waals surface area contributed by atoms with Gasteiger partial charge in [-0.2, -0.15) is 0 Å². The van der Waals surface area contributed by atoms with Crippen LogP contribution < -0.4 is 0 Å². The predicted octanol–water partition coefficient (Wildman–Crippen LogP) is 2.07. The first-order valence-electron chi connectivity index (χ1n) is 11.4. The van der Waals surface area contributed by atoms with Gasteiger partial charge in [-0.25, -0.2) is 4.79 Å². The van der Waals surface area contributed by atoms with Crippen molar-refractivity contribution in [2.45, 2.75) is 88.7 Å². The number of hydrogen-bond acceptors (Lipinski definition) is 7. The molecule has 6 aliphatic rings. The maximum absolute atomic E-state index is 12.6. The van der Waals surface area contributed by atoms with Crippen molar-refractivity contribution in [3.8, 4) is 0 Å². The Morgan fingerprint density at radius 1 is 1.32 bits per heavy atom. The highest BCUT2D eigenvalue weighted by Crippen LogP contribution is 2.81. The van der Waals surface area contributed by atoms with Crippen LogP contribution in [0.2, 0.25) is 0 Å². The van der Waals surface area contributed by atoms with Gasteiger partial charge in [0.1, 0.15) is 35.1 Å². The van der Waals surface area contributed by atoms with Crippen molar-refractivity contribution < 1.29 is 33.6 Å². The largest absolute Gasteiger partial charge is 0.459 e. The summed E-state index contributed by atoms with van der Waals surface area (Å²) in [6, 6.07) is 0. The molecule has 1 unspecified atom stereocenters. The average Bonchev–Trinajstić information content (AvgIpc) is 3.53. The van der Waals surface area contributed by atoms with E-state index in [1.54, 1.807) is 6.92 Å². The Kier molecular flexibility index (Phi) is 3.61. The van der Waals surface area contributed by atoms with Crippen LogP contribution >= 0.6 is 0 Å². The van der Waals surface area contributed by atoms with Gasteiger partial charge in [-0.3, -0.25) is 4.79 Å². The smallest absolute Gasteiger partial charge is 0.334 e. The first-order valence-corrected chi connectivity index (χ1v) is 11.4. The lowest BCUT2D eigenvalue weighted by Gasteiger charge is -2.41. The third kappa shape index (κ3) is 2.07. The second kappa shape index (κ2) is 5.61. The van der Waals surface area contributed by atoms with Crippen molar-refractivity contribution >= 4 is 11.9 Å². The molecule has 2 saturated heterocycles. The lowest BCUT2D eigenvalue weighted by molar-refractivity contribution is -0.161. The monoisotopic (exact) mass is 430 g/mol. The number of aliphatic hydroxyl groups is 1. The molecular weight excluding hydrogens is 400 g/mol. The van der Waals surface area contributed by atoms with Gasteiger partial charge in [0.05, 0.1) is 12.0 Å². The molecule has 10 atom stereocenters. The molecule has 0 radical (unpaired) electrons. The lowest BCUT2D eigenvalue weighted by Crippen LogP contribution is -2.55. The van der Waals surface area contributed by atoms with E-state index in [9.17, 15) is 14.7 Å². The van der Waals surface area contributed by atoms with Crippen molar-refractivity contribution in [3.05, 3.63) is 23.3 Å². The standard InChI is InChI=1S/C24H30O7/c1-9(2)19(26)29-18-10(3)8-23-21-22(6,30-21)17-15-12(5)20(27)28-14(15)7-13(25)11(4)16(17)24(18,23)31-23/h9-10,13-14,16-18,21,25H,4,7-8H2,1-3,5-6H3/t10-,13+,14?,16-,17-,18-,21+,22+,23+,24+/m1/s1. The van der Waals surface area contributed by atoms with Crippen molar-refractivity contribution in [1.29, 1.82) is 0 Å². The van der Waals surface area contributed by atoms with Crippen molar-refractivity contribution in [1.82, 2.24) is 0 Å². The van der Waals surface area contributed by atoms with Gasteiger partial charge in [0, 0.05) is 23.8 Å². The molecule has 7 nitrogen and oxygen atoms in total. The fraction of sp³-hybridized carbons (Fsp3) is 0.750. The zero-order valence-electron chi connectivity index (χ0n) is 18.6. The molecule has 1 N–H and O–H groups in total. The van der Waals surface area contributed by atoms with Gasteiger partial charge in [-0.15, -0.1) is 0 Å². The van der Waals surface area contributed by atoms with E-state index in [2.05, 4.69) is 20.4 Å². The highest BCUT2D eigenvalue weighted by Gasteiger charge is 2.96. The van der Waals surface area contributed by atoms with E-state index in [0.717, 1.165) is 12.0 Å². The molecule has 7 heteroatoms. The number of hydrogen-bond donors (Lipinski definition) is 1. The number of carbonyl (C=O) groups excluding carboxylic acids is 2. The van der Waals surface area contributed by atoms with E-state index in [1.807, 2.05) is 13.8 Å². The summed E-state index contributed by atoms with van der Waals surface area (Å²) in [5.74, 6) is -1.31. The molecule has 0 bridgehead atoms. The number of epoxide rings is 2. The van der Waals surface area contributed by atoms with Gasteiger partial charge < -0.3 is 24.1 Å². The second-order valence-corrected chi connectivity index (χ2v) is 10.9. The van der Waals surface area contributed by atoms with E-state index in [0.29, 0.717) is 11.1 Å². The summed E-state index contributed by atoms with van der Waals surface area (Å²) >= 11 is 0. The zero-order chi connectivity index (χ0) is 22.2. The van der Waals surface area contributed by atoms with Crippen LogP contribution in [0, 0.1) is 23.7 Å². The predicted molar refractivity (Wildman–Crippen MR) is 108 cm³/mol. The van der Waals surface area contributed by atoms with Crippen molar-refractivity contribution in [2.24, 2.45) is 23.7 Å². The van der Waals surface area contributed by atoms with Gasteiger partial charge in [0.15, 0.2) is 0 Å². The molecule has 0 aromatic rings. The van der Waals surface area contributed by atoms with E-state index in [1.165, 1.54) is 0 Å². The Hall–Kier alpha value is -1.70. The molecular formula is C24H30O7. The van der Waals surface area contributed by atoms with Gasteiger partial charge in [0.2, 0.25) is 0 Å². The summed E-state index contributed by atoms with van der Waals surface area (Å²) in [6.07, 6.45) is -0.933. The Balaban J connectivity index is 1.53.